The number of halogens is 1. The Morgan fingerprint density at radius 3 is 2.81 bits per heavy atom. The second-order valence-corrected chi connectivity index (χ2v) is 7.21. The zero-order valence-electron chi connectivity index (χ0n) is 11.3. The van der Waals surface area contributed by atoms with Crippen LogP contribution in [0.15, 0.2) is 18.2 Å². The van der Waals surface area contributed by atoms with E-state index in [0.29, 0.717) is 24.4 Å². The molecule has 0 radical (unpaired) electrons. The number of hydrogen-bond donors (Lipinski definition) is 1. The van der Waals surface area contributed by atoms with Crippen molar-refractivity contribution in [2.45, 2.75) is 13.3 Å². The maximum Gasteiger partial charge on any atom is 0.335 e. The van der Waals surface area contributed by atoms with Crippen molar-refractivity contribution in [2.24, 2.45) is 5.92 Å². The Hall–Kier alpha value is -1.09. The number of thioether (sulfide) groups is 1. The number of carboxylic acids is 1. The van der Waals surface area contributed by atoms with Gasteiger partial charge in [0.15, 0.2) is 5.12 Å². The van der Waals surface area contributed by atoms with Crippen molar-refractivity contribution in [1.29, 1.82) is 0 Å². The number of carbonyl (C=O) groups excluding carboxylic acids is 2. The first-order chi connectivity index (χ1) is 9.88. The van der Waals surface area contributed by atoms with E-state index in [1.807, 2.05) is 0 Å². The van der Waals surface area contributed by atoms with E-state index < -0.39 is 5.97 Å². The Kier molecular flexibility index (Phi) is 5.26. The van der Waals surface area contributed by atoms with Crippen LogP contribution in [0.2, 0.25) is 0 Å². The van der Waals surface area contributed by atoms with Gasteiger partial charge in [-0.1, -0.05) is 11.8 Å². The van der Waals surface area contributed by atoms with Crippen molar-refractivity contribution in [3.63, 3.8) is 0 Å². The second-order valence-electron chi connectivity index (χ2n) is 4.85. The summed E-state index contributed by atoms with van der Waals surface area (Å²) in [5, 5.41) is 9.10. The third-order valence-corrected chi connectivity index (χ3v) is 5.17. The molecule has 1 fully saturated rings. The molecule has 1 atom stereocenters. The van der Waals surface area contributed by atoms with Crippen LogP contribution >= 0.6 is 34.4 Å². The molecule has 21 heavy (non-hydrogen) atoms. The first kappa shape index (κ1) is 16.3. The highest BCUT2D eigenvalue weighted by Crippen LogP contribution is 2.31. The molecule has 2 rings (SSSR count). The Morgan fingerprint density at radius 1 is 1.48 bits per heavy atom. The van der Waals surface area contributed by atoms with E-state index in [-0.39, 0.29) is 22.5 Å². The SMILES string of the molecule is CC(=O)SCC1CC(=O)N(c2cc(C(=O)O)ccc2I)C1. The fraction of sp³-hybridized carbons (Fsp3) is 0.357. The normalized spacial score (nSPS) is 18.1. The Morgan fingerprint density at radius 2 is 2.19 bits per heavy atom. The number of nitrogens with zero attached hydrogens (tertiary/aromatic N) is 1. The van der Waals surface area contributed by atoms with Crippen LogP contribution in [0.5, 0.6) is 0 Å². The number of aromatic carboxylic acids is 1. The molecular formula is C14H14INO4S. The maximum absolute atomic E-state index is 12.1. The first-order valence-corrected chi connectivity index (χ1v) is 8.41. The number of carboxylic acid groups (broad SMARTS) is 1. The highest BCUT2D eigenvalue weighted by molar-refractivity contribution is 14.1. The number of carbonyl (C=O) groups is 3. The number of anilines is 1. The average molecular weight is 419 g/mol. The smallest absolute Gasteiger partial charge is 0.335 e. The standard InChI is InChI=1S/C14H14INO4S/c1-8(17)21-7-9-4-13(18)16(6-9)12-5-10(14(19)20)2-3-11(12)15/h2-3,5,9H,4,6-7H2,1H3,(H,19,20). The maximum atomic E-state index is 12.1. The van der Waals surface area contributed by atoms with Crippen molar-refractivity contribution in [2.75, 3.05) is 17.2 Å². The third kappa shape index (κ3) is 3.97. The molecule has 1 aromatic rings. The van der Waals surface area contributed by atoms with Crippen molar-refractivity contribution in [3.8, 4) is 0 Å². The van der Waals surface area contributed by atoms with Crippen LogP contribution in [0.4, 0.5) is 5.69 Å². The molecule has 0 aliphatic carbocycles. The first-order valence-electron chi connectivity index (χ1n) is 6.35. The summed E-state index contributed by atoms with van der Waals surface area (Å²) < 4.78 is 0.839. The largest absolute Gasteiger partial charge is 0.478 e. The van der Waals surface area contributed by atoms with E-state index in [9.17, 15) is 14.4 Å². The molecule has 1 saturated heterocycles. The molecule has 1 N–H and O–H groups in total. The zero-order valence-corrected chi connectivity index (χ0v) is 14.3. The summed E-state index contributed by atoms with van der Waals surface area (Å²) in [5.41, 5.74) is 0.801. The van der Waals surface area contributed by atoms with Gasteiger partial charge in [-0.2, -0.15) is 0 Å². The van der Waals surface area contributed by atoms with Crippen LogP contribution in [-0.2, 0) is 9.59 Å². The minimum atomic E-state index is -1.01. The molecule has 0 bridgehead atoms. The van der Waals surface area contributed by atoms with Crippen molar-refractivity contribution in [3.05, 3.63) is 27.3 Å². The quantitative estimate of drug-likeness (QED) is 0.760. The Labute approximate surface area is 140 Å². The summed E-state index contributed by atoms with van der Waals surface area (Å²) >= 11 is 3.32. The van der Waals surface area contributed by atoms with Gasteiger partial charge in [0.1, 0.15) is 0 Å². The molecule has 1 heterocycles. The van der Waals surface area contributed by atoms with Gasteiger partial charge >= 0.3 is 5.97 Å². The average Bonchev–Trinajstić information content (AvgIpc) is 2.78. The lowest BCUT2D eigenvalue weighted by molar-refractivity contribution is -0.117. The monoisotopic (exact) mass is 419 g/mol. The molecule has 0 saturated carbocycles. The molecule has 1 aliphatic rings. The summed E-state index contributed by atoms with van der Waals surface area (Å²) in [6.45, 7) is 2.04. The lowest BCUT2D eigenvalue weighted by Gasteiger charge is -2.19. The highest BCUT2D eigenvalue weighted by atomic mass is 127. The minimum absolute atomic E-state index is 0.0235. The molecule has 5 nitrogen and oxygen atoms in total. The van der Waals surface area contributed by atoms with Crippen LogP contribution in [0.3, 0.4) is 0 Å². The van der Waals surface area contributed by atoms with Gasteiger partial charge in [0.05, 0.1) is 11.3 Å². The Balaban J connectivity index is 2.18. The highest BCUT2D eigenvalue weighted by Gasteiger charge is 2.32. The summed E-state index contributed by atoms with van der Waals surface area (Å²) in [4.78, 5) is 35.8. The van der Waals surface area contributed by atoms with Crippen molar-refractivity contribution in [1.82, 2.24) is 0 Å². The summed E-state index contributed by atoms with van der Waals surface area (Å²) in [5.74, 6) is -0.296. The van der Waals surface area contributed by atoms with Gasteiger partial charge in [-0.15, -0.1) is 0 Å². The van der Waals surface area contributed by atoms with E-state index in [1.54, 1.807) is 11.0 Å². The van der Waals surface area contributed by atoms with Crippen LogP contribution < -0.4 is 4.90 Å². The van der Waals surface area contributed by atoms with Gasteiger partial charge < -0.3 is 10.0 Å². The fourth-order valence-electron chi connectivity index (χ4n) is 2.21. The second kappa shape index (κ2) is 6.78. The van der Waals surface area contributed by atoms with E-state index in [4.69, 9.17) is 5.11 Å². The third-order valence-electron chi connectivity index (χ3n) is 3.21. The van der Waals surface area contributed by atoms with Crippen molar-refractivity contribution < 1.29 is 19.5 Å². The van der Waals surface area contributed by atoms with Crippen molar-refractivity contribution >= 4 is 57.0 Å². The predicted molar refractivity (Wildman–Crippen MR) is 89.7 cm³/mol. The van der Waals surface area contributed by atoms with E-state index in [2.05, 4.69) is 22.6 Å². The Bertz CT molecular complexity index is 605. The zero-order chi connectivity index (χ0) is 15.6. The lowest BCUT2D eigenvalue weighted by atomic mass is 10.1. The molecule has 0 aromatic heterocycles. The van der Waals surface area contributed by atoms with Gasteiger partial charge in [0.2, 0.25) is 5.91 Å². The molecule has 1 aromatic carbocycles. The predicted octanol–water partition coefficient (Wildman–Crippen LogP) is 2.62. The van der Waals surface area contributed by atoms with Gasteiger partial charge in [0.25, 0.3) is 0 Å². The number of benzene rings is 1. The van der Waals surface area contributed by atoms with E-state index in [0.717, 1.165) is 3.57 Å². The van der Waals surface area contributed by atoms with Crippen LogP contribution in [-0.4, -0.2) is 34.4 Å². The summed E-state index contributed by atoms with van der Waals surface area (Å²) in [6.07, 6.45) is 0.396. The van der Waals surface area contributed by atoms with Gasteiger partial charge in [-0.3, -0.25) is 9.59 Å². The van der Waals surface area contributed by atoms with Gasteiger partial charge in [-0.25, -0.2) is 4.79 Å². The summed E-state index contributed by atoms with van der Waals surface area (Å²) in [7, 11) is 0. The van der Waals surface area contributed by atoms with E-state index >= 15 is 0 Å². The topological polar surface area (TPSA) is 74.7 Å². The molecule has 0 spiro atoms. The van der Waals surface area contributed by atoms with Crippen LogP contribution in [0.1, 0.15) is 23.7 Å². The van der Waals surface area contributed by atoms with E-state index in [1.165, 1.54) is 30.8 Å². The van der Waals surface area contributed by atoms with Gasteiger partial charge in [-0.05, 0) is 46.7 Å². The summed E-state index contributed by atoms with van der Waals surface area (Å²) in [6, 6.07) is 4.75. The van der Waals surface area contributed by atoms with Gasteiger partial charge in [0, 0.05) is 29.2 Å². The minimum Gasteiger partial charge on any atom is -0.478 e. The molecule has 1 unspecified atom stereocenters. The number of rotatable bonds is 4. The fourth-order valence-corrected chi connectivity index (χ4v) is 3.53. The number of hydrogen-bond acceptors (Lipinski definition) is 4. The molecule has 1 aliphatic heterocycles. The molecule has 1 amide bonds. The van der Waals surface area contributed by atoms with Crippen LogP contribution in [0, 0.1) is 9.49 Å². The van der Waals surface area contributed by atoms with Crippen LogP contribution in [0.25, 0.3) is 0 Å². The molecular weight excluding hydrogens is 405 g/mol. The molecule has 112 valence electrons. The lowest BCUT2D eigenvalue weighted by Crippen LogP contribution is -2.26. The molecule has 7 heteroatoms. The number of amides is 1.